The number of hydrogen-bond acceptors (Lipinski definition) is 4. The normalized spacial score (nSPS) is 15.7. The summed E-state index contributed by atoms with van der Waals surface area (Å²) in [5.41, 5.74) is 2.73. The van der Waals surface area contributed by atoms with Crippen molar-refractivity contribution in [3.8, 4) is 17.3 Å². The zero-order valence-corrected chi connectivity index (χ0v) is 14.3. The van der Waals surface area contributed by atoms with Crippen LogP contribution in [0.1, 0.15) is 31.7 Å². The Kier molecular flexibility index (Phi) is 3.74. The van der Waals surface area contributed by atoms with E-state index < -0.39 is 0 Å². The number of rotatable bonds is 3. The molecule has 0 radical (unpaired) electrons. The van der Waals surface area contributed by atoms with E-state index in [9.17, 15) is 5.26 Å². The van der Waals surface area contributed by atoms with Crippen molar-refractivity contribution >= 4 is 22.5 Å². The van der Waals surface area contributed by atoms with E-state index in [4.69, 9.17) is 0 Å². The fourth-order valence-electron chi connectivity index (χ4n) is 3.24. The predicted molar refractivity (Wildman–Crippen MR) is 97.8 cm³/mol. The molecule has 0 aliphatic heterocycles. The standard InChI is InChI=1S/C20H17N3S/c1-20(9-4-10-20)24-18-12-22-13-23-19(18)17-8-7-14(11-21)15-5-2-3-6-16(15)17/h2-3,5-8,12-13H,4,9-10H2,1H3. The van der Waals surface area contributed by atoms with Crippen LogP contribution in [0.4, 0.5) is 0 Å². The Hall–Kier alpha value is -2.38. The van der Waals surface area contributed by atoms with Crippen LogP contribution in [0.25, 0.3) is 22.0 Å². The number of nitriles is 1. The van der Waals surface area contributed by atoms with E-state index in [1.807, 2.05) is 48.3 Å². The number of hydrogen-bond donors (Lipinski definition) is 0. The summed E-state index contributed by atoms with van der Waals surface area (Å²) in [6, 6.07) is 14.2. The molecule has 24 heavy (non-hydrogen) atoms. The van der Waals surface area contributed by atoms with Crippen molar-refractivity contribution in [1.82, 2.24) is 9.97 Å². The molecule has 1 heterocycles. The molecule has 0 bridgehead atoms. The predicted octanol–water partition coefficient (Wildman–Crippen LogP) is 5.20. The summed E-state index contributed by atoms with van der Waals surface area (Å²) in [4.78, 5) is 9.95. The van der Waals surface area contributed by atoms with Crippen molar-refractivity contribution in [3.63, 3.8) is 0 Å². The monoisotopic (exact) mass is 331 g/mol. The number of benzene rings is 2. The molecule has 4 rings (SSSR count). The molecule has 0 amide bonds. The molecule has 4 heteroatoms. The summed E-state index contributed by atoms with van der Waals surface area (Å²) in [7, 11) is 0. The van der Waals surface area contributed by atoms with E-state index >= 15 is 0 Å². The van der Waals surface area contributed by atoms with E-state index in [-0.39, 0.29) is 0 Å². The second-order valence-corrected chi connectivity index (χ2v) is 8.09. The van der Waals surface area contributed by atoms with Crippen molar-refractivity contribution in [2.24, 2.45) is 0 Å². The smallest absolute Gasteiger partial charge is 0.116 e. The molecule has 0 N–H and O–H groups in total. The summed E-state index contributed by atoms with van der Waals surface area (Å²) in [5, 5.41) is 11.4. The van der Waals surface area contributed by atoms with Crippen LogP contribution in [-0.4, -0.2) is 14.7 Å². The van der Waals surface area contributed by atoms with Gasteiger partial charge in [0.1, 0.15) is 6.33 Å². The van der Waals surface area contributed by atoms with Gasteiger partial charge in [-0.1, -0.05) is 43.7 Å². The third kappa shape index (κ3) is 2.55. The van der Waals surface area contributed by atoms with Gasteiger partial charge >= 0.3 is 0 Å². The molecule has 3 nitrogen and oxygen atoms in total. The lowest BCUT2D eigenvalue weighted by atomic mass is 9.86. The van der Waals surface area contributed by atoms with Gasteiger partial charge in [0.05, 0.1) is 22.2 Å². The van der Waals surface area contributed by atoms with Crippen molar-refractivity contribution in [1.29, 1.82) is 5.26 Å². The lowest BCUT2D eigenvalue weighted by Crippen LogP contribution is -2.28. The first-order chi connectivity index (χ1) is 11.7. The Morgan fingerprint density at radius 2 is 1.92 bits per heavy atom. The maximum atomic E-state index is 9.36. The van der Waals surface area contributed by atoms with Gasteiger partial charge in [0.25, 0.3) is 0 Å². The molecule has 3 aromatic rings. The van der Waals surface area contributed by atoms with Crippen LogP contribution in [-0.2, 0) is 0 Å². The average Bonchev–Trinajstić information content (AvgIpc) is 2.60. The van der Waals surface area contributed by atoms with Gasteiger partial charge < -0.3 is 0 Å². The van der Waals surface area contributed by atoms with Crippen LogP contribution >= 0.6 is 11.8 Å². The molecule has 0 saturated heterocycles. The van der Waals surface area contributed by atoms with E-state index in [2.05, 4.69) is 29.0 Å². The topological polar surface area (TPSA) is 49.6 Å². The van der Waals surface area contributed by atoms with Gasteiger partial charge in [-0.3, -0.25) is 0 Å². The zero-order valence-electron chi connectivity index (χ0n) is 13.5. The molecule has 0 atom stereocenters. The van der Waals surface area contributed by atoms with Crippen LogP contribution in [0.5, 0.6) is 0 Å². The maximum Gasteiger partial charge on any atom is 0.116 e. The molecule has 1 aromatic heterocycles. The number of nitrogens with zero attached hydrogens (tertiary/aromatic N) is 3. The van der Waals surface area contributed by atoms with Crippen molar-refractivity contribution in [2.75, 3.05) is 0 Å². The summed E-state index contributed by atoms with van der Waals surface area (Å²) in [6.45, 7) is 2.31. The second-order valence-electron chi connectivity index (χ2n) is 6.46. The van der Waals surface area contributed by atoms with Crippen LogP contribution in [0.15, 0.2) is 53.8 Å². The third-order valence-corrected chi connectivity index (χ3v) is 6.17. The minimum absolute atomic E-state index is 0.294. The fourth-order valence-corrected chi connectivity index (χ4v) is 4.64. The highest BCUT2D eigenvalue weighted by atomic mass is 32.2. The minimum Gasteiger partial charge on any atom is -0.244 e. The first-order valence-electron chi connectivity index (χ1n) is 8.11. The van der Waals surface area contributed by atoms with Gasteiger partial charge in [-0.05, 0) is 24.3 Å². The largest absolute Gasteiger partial charge is 0.244 e. The van der Waals surface area contributed by atoms with Crippen molar-refractivity contribution in [3.05, 3.63) is 54.5 Å². The van der Waals surface area contributed by atoms with Gasteiger partial charge in [0, 0.05) is 21.9 Å². The van der Waals surface area contributed by atoms with E-state index in [1.165, 1.54) is 19.3 Å². The molecule has 1 fully saturated rings. The van der Waals surface area contributed by atoms with Gasteiger partial charge in [0.15, 0.2) is 0 Å². The quantitative estimate of drug-likeness (QED) is 0.661. The molecule has 2 aromatic carbocycles. The van der Waals surface area contributed by atoms with Crippen LogP contribution in [0, 0.1) is 11.3 Å². The Balaban J connectivity index is 1.89. The number of thioether (sulfide) groups is 1. The Morgan fingerprint density at radius 3 is 2.62 bits per heavy atom. The van der Waals surface area contributed by atoms with Crippen LogP contribution < -0.4 is 0 Å². The molecule has 0 spiro atoms. The van der Waals surface area contributed by atoms with Gasteiger partial charge in [-0.2, -0.15) is 5.26 Å². The summed E-state index contributed by atoms with van der Waals surface area (Å²) >= 11 is 1.88. The highest BCUT2D eigenvalue weighted by Gasteiger charge is 2.34. The molecule has 118 valence electrons. The second kappa shape index (κ2) is 5.92. The lowest BCUT2D eigenvalue weighted by Gasteiger charge is -2.37. The van der Waals surface area contributed by atoms with Gasteiger partial charge in [-0.25, -0.2) is 9.97 Å². The third-order valence-electron chi connectivity index (χ3n) is 4.75. The summed E-state index contributed by atoms with van der Waals surface area (Å²) in [5.74, 6) is 0. The first-order valence-corrected chi connectivity index (χ1v) is 8.93. The summed E-state index contributed by atoms with van der Waals surface area (Å²) < 4.78 is 0.294. The molecule has 1 aliphatic rings. The van der Waals surface area contributed by atoms with Crippen molar-refractivity contribution in [2.45, 2.75) is 35.8 Å². The summed E-state index contributed by atoms with van der Waals surface area (Å²) in [6.07, 6.45) is 7.30. The Bertz CT molecular complexity index is 955. The van der Waals surface area contributed by atoms with Gasteiger partial charge in [0.2, 0.25) is 0 Å². The Morgan fingerprint density at radius 1 is 1.12 bits per heavy atom. The first kappa shape index (κ1) is 15.2. The highest BCUT2D eigenvalue weighted by Crippen LogP contribution is 2.49. The van der Waals surface area contributed by atoms with Crippen LogP contribution in [0.2, 0.25) is 0 Å². The molecule has 1 aliphatic carbocycles. The molecule has 0 unspecified atom stereocenters. The van der Waals surface area contributed by atoms with Crippen LogP contribution in [0.3, 0.4) is 0 Å². The Labute approximate surface area is 145 Å². The fraction of sp³-hybridized carbons (Fsp3) is 0.250. The molecular formula is C20H17N3S. The van der Waals surface area contributed by atoms with E-state index in [1.54, 1.807) is 6.33 Å². The zero-order chi connectivity index (χ0) is 16.6. The van der Waals surface area contributed by atoms with E-state index in [0.717, 1.165) is 26.9 Å². The van der Waals surface area contributed by atoms with Crippen molar-refractivity contribution < 1.29 is 0 Å². The number of aromatic nitrogens is 2. The molecule has 1 saturated carbocycles. The number of fused-ring (bicyclic) bond motifs is 1. The van der Waals surface area contributed by atoms with Gasteiger partial charge in [-0.15, -0.1) is 11.8 Å². The van der Waals surface area contributed by atoms with E-state index in [0.29, 0.717) is 10.3 Å². The lowest BCUT2D eigenvalue weighted by molar-refractivity contribution is 0.392. The molecular weight excluding hydrogens is 314 g/mol. The average molecular weight is 331 g/mol. The maximum absolute atomic E-state index is 9.36. The SMILES string of the molecule is CC1(Sc2cncnc2-c2ccc(C#N)c3ccccc23)CCC1. The minimum atomic E-state index is 0.294. The highest BCUT2D eigenvalue weighted by molar-refractivity contribution is 8.00.